The van der Waals surface area contributed by atoms with E-state index in [0.717, 1.165) is 31.5 Å². The predicted molar refractivity (Wildman–Crippen MR) is 81.7 cm³/mol. The molecule has 22 heavy (non-hydrogen) atoms. The maximum atomic E-state index is 11.1. The summed E-state index contributed by atoms with van der Waals surface area (Å²) >= 11 is 0. The van der Waals surface area contributed by atoms with Crippen molar-refractivity contribution in [1.29, 1.82) is 0 Å². The molecule has 0 aliphatic carbocycles. The molecule has 1 saturated heterocycles. The second kappa shape index (κ2) is 6.07. The lowest BCUT2D eigenvalue weighted by Crippen LogP contribution is -2.43. The molecule has 1 aromatic carbocycles. The van der Waals surface area contributed by atoms with Crippen LogP contribution < -0.4 is 16.0 Å². The molecule has 1 aromatic rings. The van der Waals surface area contributed by atoms with Crippen molar-refractivity contribution in [2.24, 2.45) is 5.92 Å². The number of hydrogen-bond donors (Lipinski definition) is 5. The van der Waals surface area contributed by atoms with Gasteiger partial charge in [-0.15, -0.1) is 0 Å². The van der Waals surface area contributed by atoms with Gasteiger partial charge >= 0.3 is 0 Å². The molecule has 0 radical (unpaired) electrons. The van der Waals surface area contributed by atoms with Crippen LogP contribution in [-0.4, -0.2) is 40.7 Å². The monoisotopic (exact) mass is 308 g/mol. The van der Waals surface area contributed by atoms with Crippen LogP contribution in [-0.2, 0) is 6.42 Å². The highest BCUT2D eigenvalue weighted by Gasteiger charge is 2.28. The molecule has 0 saturated carbocycles. The summed E-state index contributed by atoms with van der Waals surface area (Å²) in [6.45, 7) is 1.91. The van der Waals surface area contributed by atoms with Crippen molar-refractivity contribution < 1.29 is 15.1 Å². The van der Waals surface area contributed by atoms with Crippen molar-refractivity contribution in [1.82, 2.24) is 5.32 Å². The van der Waals surface area contributed by atoms with Gasteiger partial charge in [-0.1, -0.05) is 0 Å². The number of nitro benzene ring substituents is 1. The molecule has 0 spiro atoms. The second-order valence-corrected chi connectivity index (χ2v) is 5.86. The minimum Gasteiger partial charge on any atom is -0.369 e. The second-order valence-electron chi connectivity index (χ2n) is 5.86. The Balaban J connectivity index is 1.94. The van der Waals surface area contributed by atoms with Gasteiger partial charge < -0.3 is 26.2 Å². The Morgan fingerprint density at radius 2 is 1.86 bits per heavy atom. The number of aliphatic hydroxyl groups excluding tert-OH is 2. The van der Waals surface area contributed by atoms with Crippen LogP contribution in [0.1, 0.15) is 18.4 Å². The Labute approximate surface area is 127 Å². The first kappa shape index (κ1) is 15.0. The minimum atomic E-state index is -1.19. The summed E-state index contributed by atoms with van der Waals surface area (Å²) in [5.41, 5.74) is 1.88. The molecule has 8 heteroatoms. The molecule has 120 valence electrons. The van der Waals surface area contributed by atoms with Crippen molar-refractivity contribution in [2.75, 3.05) is 23.7 Å². The van der Waals surface area contributed by atoms with E-state index in [0.29, 0.717) is 23.7 Å². The van der Waals surface area contributed by atoms with E-state index in [-0.39, 0.29) is 5.69 Å². The first-order chi connectivity index (χ1) is 10.5. The predicted octanol–water partition coefficient (Wildman–Crippen LogP) is 0.611. The zero-order valence-electron chi connectivity index (χ0n) is 12.1. The van der Waals surface area contributed by atoms with Crippen LogP contribution in [0.5, 0.6) is 0 Å². The number of piperidine rings is 1. The highest BCUT2D eigenvalue weighted by Crippen LogP contribution is 2.37. The molecule has 3 rings (SSSR count). The molecule has 8 nitrogen and oxygen atoms in total. The fraction of sp³-hybridized carbons (Fsp3) is 0.571. The smallest absolute Gasteiger partial charge is 0.271 e. The number of nitrogens with one attached hydrogen (secondary N) is 3. The Hall–Kier alpha value is -1.90. The number of nitrogens with zero attached hydrogens (tertiary/aromatic N) is 1. The third-order valence-electron chi connectivity index (χ3n) is 4.28. The summed E-state index contributed by atoms with van der Waals surface area (Å²) in [5, 5.41) is 39.4. The fourth-order valence-corrected chi connectivity index (χ4v) is 3.10. The average Bonchev–Trinajstić information content (AvgIpc) is 2.50. The van der Waals surface area contributed by atoms with E-state index in [4.69, 9.17) is 0 Å². The number of hydrogen-bond acceptors (Lipinski definition) is 7. The molecule has 5 N–H and O–H groups in total. The van der Waals surface area contributed by atoms with Crippen LogP contribution in [0.25, 0.3) is 0 Å². The van der Waals surface area contributed by atoms with Crippen molar-refractivity contribution >= 4 is 17.1 Å². The van der Waals surface area contributed by atoms with Gasteiger partial charge in [0.1, 0.15) is 0 Å². The number of nitro groups is 1. The minimum absolute atomic E-state index is 0.0134. The van der Waals surface area contributed by atoms with Gasteiger partial charge in [-0.2, -0.15) is 0 Å². The third kappa shape index (κ3) is 2.99. The van der Waals surface area contributed by atoms with Gasteiger partial charge in [-0.3, -0.25) is 10.1 Å². The standard InChI is InChI=1S/C14H20N4O4/c19-13-14(20)17-12-9(5-8-1-3-15-4-2-8)6-10(18(21)22)7-11(12)16-13/h6-8,13-17,19-20H,1-5H2. The van der Waals surface area contributed by atoms with Gasteiger partial charge in [0.15, 0.2) is 12.5 Å². The Morgan fingerprint density at radius 3 is 2.55 bits per heavy atom. The quantitative estimate of drug-likeness (QED) is 0.410. The summed E-state index contributed by atoms with van der Waals surface area (Å²) < 4.78 is 0. The van der Waals surface area contributed by atoms with Crippen molar-refractivity contribution in [3.63, 3.8) is 0 Å². The van der Waals surface area contributed by atoms with E-state index >= 15 is 0 Å². The van der Waals surface area contributed by atoms with Crippen LogP contribution in [0.4, 0.5) is 17.1 Å². The van der Waals surface area contributed by atoms with Gasteiger partial charge in [0.2, 0.25) is 0 Å². The van der Waals surface area contributed by atoms with Gasteiger partial charge in [0.05, 0.1) is 16.3 Å². The molecule has 2 unspecified atom stereocenters. The first-order valence-corrected chi connectivity index (χ1v) is 7.46. The maximum absolute atomic E-state index is 11.1. The maximum Gasteiger partial charge on any atom is 0.271 e. The summed E-state index contributed by atoms with van der Waals surface area (Å²) in [6, 6.07) is 2.93. The zero-order valence-corrected chi connectivity index (χ0v) is 12.1. The molecule has 0 bridgehead atoms. The SMILES string of the molecule is O=[N+]([O-])c1cc(CC2CCNCC2)c2c(c1)NC(O)C(O)N2. The van der Waals surface area contributed by atoms with Crippen molar-refractivity contribution in [2.45, 2.75) is 31.7 Å². The van der Waals surface area contributed by atoms with E-state index in [1.54, 1.807) is 6.07 Å². The van der Waals surface area contributed by atoms with Crippen molar-refractivity contribution in [3.8, 4) is 0 Å². The number of aliphatic hydroxyl groups is 2. The molecule has 0 aromatic heterocycles. The van der Waals surface area contributed by atoms with Crippen LogP contribution in [0.15, 0.2) is 12.1 Å². The largest absolute Gasteiger partial charge is 0.369 e. The zero-order chi connectivity index (χ0) is 15.7. The summed E-state index contributed by atoms with van der Waals surface area (Å²) in [6.07, 6.45) is 0.428. The van der Waals surface area contributed by atoms with Crippen molar-refractivity contribution in [3.05, 3.63) is 27.8 Å². The number of rotatable bonds is 3. The molecule has 0 amide bonds. The number of non-ortho nitro benzene ring substituents is 1. The van der Waals surface area contributed by atoms with E-state index in [1.807, 2.05) is 0 Å². The lowest BCUT2D eigenvalue weighted by Gasteiger charge is -2.32. The summed E-state index contributed by atoms with van der Waals surface area (Å²) in [7, 11) is 0. The number of fused-ring (bicyclic) bond motifs is 1. The van der Waals surface area contributed by atoms with E-state index < -0.39 is 17.4 Å². The van der Waals surface area contributed by atoms with Gasteiger partial charge in [0.25, 0.3) is 5.69 Å². The Morgan fingerprint density at radius 1 is 1.18 bits per heavy atom. The van der Waals surface area contributed by atoms with Crippen LogP contribution in [0.2, 0.25) is 0 Å². The van der Waals surface area contributed by atoms with E-state index in [1.165, 1.54) is 6.07 Å². The molecule has 2 aliphatic heterocycles. The lowest BCUT2D eigenvalue weighted by molar-refractivity contribution is -0.384. The molecule has 2 aliphatic rings. The Kier molecular flexibility index (Phi) is 4.14. The van der Waals surface area contributed by atoms with E-state index in [9.17, 15) is 20.3 Å². The molecular formula is C14H20N4O4. The average molecular weight is 308 g/mol. The molecular weight excluding hydrogens is 288 g/mol. The summed E-state index contributed by atoms with van der Waals surface area (Å²) in [4.78, 5) is 10.7. The molecule has 1 fully saturated rings. The highest BCUT2D eigenvalue weighted by molar-refractivity contribution is 5.78. The van der Waals surface area contributed by atoms with Gasteiger partial charge in [0, 0.05) is 12.1 Å². The number of benzene rings is 1. The summed E-state index contributed by atoms with van der Waals surface area (Å²) in [5.74, 6) is 0.457. The topological polar surface area (TPSA) is 120 Å². The van der Waals surface area contributed by atoms with Gasteiger partial charge in [-0.25, -0.2) is 0 Å². The normalized spacial score (nSPS) is 25.0. The lowest BCUT2D eigenvalue weighted by atomic mass is 9.89. The van der Waals surface area contributed by atoms with E-state index in [2.05, 4.69) is 16.0 Å². The molecule has 2 atom stereocenters. The van der Waals surface area contributed by atoms with Crippen LogP contribution >= 0.6 is 0 Å². The molecule has 2 heterocycles. The fourth-order valence-electron chi connectivity index (χ4n) is 3.10. The first-order valence-electron chi connectivity index (χ1n) is 7.46. The highest BCUT2D eigenvalue weighted by atomic mass is 16.6. The van der Waals surface area contributed by atoms with Gasteiger partial charge in [-0.05, 0) is 43.8 Å². The third-order valence-corrected chi connectivity index (χ3v) is 4.28. The Bertz CT molecular complexity index is 574. The number of anilines is 2. The van der Waals surface area contributed by atoms with Crippen LogP contribution in [0.3, 0.4) is 0 Å². The van der Waals surface area contributed by atoms with Crippen LogP contribution in [0, 0.1) is 16.0 Å².